The van der Waals surface area contributed by atoms with Crippen LogP contribution in [0, 0.1) is 0 Å². The second-order valence-corrected chi connectivity index (χ2v) is 7.21. The second kappa shape index (κ2) is 20.9. The van der Waals surface area contributed by atoms with Crippen molar-refractivity contribution in [2.24, 2.45) is 0 Å². The van der Waals surface area contributed by atoms with Crippen LogP contribution in [0.15, 0.2) is 0 Å². The maximum Gasteiger partial charge on any atom is 0.100 e. The molecule has 0 fully saturated rings. The topological polar surface area (TPSA) is 49.7 Å². The predicted octanol–water partition coefficient (Wildman–Crippen LogP) is 5.62. The van der Waals surface area contributed by atoms with Crippen molar-refractivity contribution in [2.45, 2.75) is 116 Å². The summed E-state index contributed by atoms with van der Waals surface area (Å²) in [6.07, 6.45) is 21.2. The van der Waals surface area contributed by atoms with Crippen LogP contribution < -0.4 is 0 Å². The average molecular weight is 345 g/mol. The largest absolute Gasteiger partial charge is 0.394 e. The van der Waals surface area contributed by atoms with Crippen molar-refractivity contribution >= 4 is 0 Å². The maximum absolute atomic E-state index is 9.12. The van der Waals surface area contributed by atoms with E-state index in [0.29, 0.717) is 6.61 Å². The van der Waals surface area contributed by atoms with E-state index in [1.165, 1.54) is 96.3 Å². The summed E-state index contributed by atoms with van der Waals surface area (Å²) in [5, 5.41) is 17.8. The smallest absolute Gasteiger partial charge is 0.100 e. The Morgan fingerprint density at radius 3 is 1.38 bits per heavy atom. The lowest BCUT2D eigenvalue weighted by Crippen LogP contribution is -2.19. The summed E-state index contributed by atoms with van der Waals surface area (Å²) in [7, 11) is 0. The number of hydrogen-bond acceptors (Lipinski definition) is 3. The molecule has 0 saturated heterocycles. The molecule has 3 nitrogen and oxygen atoms in total. The highest BCUT2D eigenvalue weighted by molar-refractivity contribution is 4.51. The number of aliphatic hydroxyl groups is 2. The van der Waals surface area contributed by atoms with Crippen LogP contribution in [0.4, 0.5) is 0 Å². The first-order valence-corrected chi connectivity index (χ1v) is 10.7. The summed E-state index contributed by atoms with van der Waals surface area (Å²) in [6, 6.07) is 0. The highest BCUT2D eigenvalue weighted by atomic mass is 16.5. The summed E-state index contributed by atoms with van der Waals surface area (Å²) < 4.78 is 5.30. The van der Waals surface area contributed by atoms with Crippen molar-refractivity contribution in [1.29, 1.82) is 0 Å². The molecule has 0 aliphatic carbocycles. The van der Waals surface area contributed by atoms with Crippen LogP contribution in [0.5, 0.6) is 0 Å². The molecule has 0 aromatic rings. The first kappa shape index (κ1) is 23.9. The van der Waals surface area contributed by atoms with Crippen LogP contribution >= 0.6 is 0 Å². The number of unbranched alkanes of at least 4 members (excludes halogenated alkanes) is 15. The van der Waals surface area contributed by atoms with Gasteiger partial charge in [-0.05, 0) is 6.42 Å². The van der Waals surface area contributed by atoms with Gasteiger partial charge >= 0.3 is 0 Å². The molecule has 0 amide bonds. The third-order valence-electron chi connectivity index (χ3n) is 4.66. The third kappa shape index (κ3) is 19.9. The van der Waals surface area contributed by atoms with E-state index < -0.39 is 6.10 Å². The Bertz CT molecular complexity index is 221. The first-order valence-electron chi connectivity index (χ1n) is 10.7. The molecule has 0 aromatic carbocycles. The van der Waals surface area contributed by atoms with Crippen LogP contribution in [0.1, 0.15) is 110 Å². The fourth-order valence-electron chi connectivity index (χ4n) is 3.02. The van der Waals surface area contributed by atoms with Crippen LogP contribution in [-0.4, -0.2) is 36.1 Å². The fourth-order valence-corrected chi connectivity index (χ4v) is 3.02. The van der Waals surface area contributed by atoms with E-state index in [9.17, 15) is 0 Å². The molecule has 0 radical (unpaired) electrons. The standard InChI is InChI=1S/C21H44O3/c1-2-3-4-5-6-7-8-9-10-11-12-13-14-15-16-17-18-24-20-21(23)19-22/h21-23H,2-20H2,1H3/t21-/m1/s1. The minimum Gasteiger partial charge on any atom is -0.394 e. The van der Waals surface area contributed by atoms with Crippen LogP contribution in [0.2, 0.25) is 0 Å². The monoisotopic (exact) mass is 344 g/mol. The summed E-state index contributed by atoms with van der Waals surface area (Å²) in [5.41, 5.74) is 0. The van der Waals surface area contributed by atoms with E-state index in [2.05, 4.69) is 6.92 Å². The van der Waals surface area contributed by atoms with E-state index in [0.717, 1.165) is 6.42 Å². The number of ether oxygens (including phenoxy) is 1. The Morgan fingerprint density at radius 1 is 0.625 bits per heavy atom. The highest BCUT2D eigenvalue weighted by Gasteiger charge is 2.00. The van der Waals surface area contributed by atoms with Crippen molar-refractivity contribution in [3.8, 4) is 0 Å². The molecule has 2 N–H and O–H groups in total. The zero-order chi connectivity index (χ0) is 17.7. The average Bonchev–Trinajstić information content (AvgIpc) is 2.60. The SMILES string of the molecule is CCCCCCCCCCCCCCCCCCOC[C@H](O)CO. The van der Waals surface area contributed by atoms with Gasteiger partial charge < -0.3 is 14.9 Å². The summed E-state index contributed by atoms with van der Waals surface area (Å²) in [6.45, 7) is 3.03. The zero-order valence-electron chi connectivity index (χ0n) is 16.3. The summed E-state index contributed by atoms with van der Waals surface area (Å²) in [4.78, 5) is 0. The number of hydrogen-bond donors (Lipinski definition) is 2. The van der Waals surface area contributed by atoms with E-state index in [1.807, 2.05) is 0 Å². The van der Waals surface area contributed by atoms with E-state index in [1.54, 1.807) is 0 Å². The molecule has 0 heterocycles. The van der Waals surface area contributed by atoms with Gasteiger partial charge in [0.25, 0.3) is 0 Å². The Hall–Kier alpha value is -0.120. The van der Waals surface area contributed by atoms with Gasteiger partial charge in [0.1, 0.15) is 6.10 Å². The Morgan fingerprint density at radius 2 is 1.00 bits per heavy atom. The predicted molar refractivity (Wildman–Crippen MR) is 103 cm³/mol. The number of rotatable bonds is 20. The molecule has 3 heteroatoms. The minimum atomic E-state index is -0.717. The van der Waals surface area contributed by atoms with Gasteiger partial charge in [-0.25, -0.2) is 0 Å². The molecule has 1 atom stereocenters. The molecular formula is C21H44O3. The van der Waals surface area contributed by atoms with Crippen LogP contribution in [-0.2, 0) is 4.74 Å². The molecule has 0 bridgehead atoms. The molecular weight excluding hydrogens is 300 g/mol. The molecule has 0 aromatic heterocycles. The van der Waals surface area contributed by atoms with Gasteiger partial charge in [0.2, 0.25) is 0 Å². The molecule has 24 heavy (non-hydrogen) atoms. The molecule has 0 aliphatic rings. The normalized spacial score (nSPS) is 12.6. The van der Waals surface area contributed by atoms with Gasteiger partial charge in [0.05, 0.1) is 13.2 Å². The van der Waals surface area contributed by atoms with Crippen molar-refractivity contribution in [2.75, 3.05) is 19.8 Å². The molecule has 146 valence electrons. The third-order valence-corrected chi connectivity index (χ3v) is 4.66. The summed E-state index contributed by atoms with van der Waals surface area (Å²) >= 11 is 0. The highest BCUT2D eigenvalue weighted by Crippen LogP contribution is 2.13. The van der Waals surface area contributed by atoms with Crippen LogP contribution in [0.3, 0.4) is 0 Å². The maximum atomic E-state index is 9.12. The Balaban J connectivity index is 2.98. The van der Waals surface area contributed by atoms with Gasteiger partial charge in [-0.3, -0.25) is 0 Å². The van der Waals surface area contributed by atoms with E-state index in [-0.39, 0.29) is 13.2 Å². The lowest BCUT2D eigenvalue weighted by atomic mass is 10.0. The quantitative estimate of drug-likeness (QED) is 0.282. The van der Waals surface area contributed by atoms with Gasteiger partial charge in [0, 0.05) is 6.61 Å². The number of aliphatic hydroxyl groups excluding tert-OH is 2. The summed E-state index contributed by atoms with van der Waals surface area (Å²) in [5.74, 6) is 0. The molecule has 0 spiro atoms. The minimum absolute atomic E-state index is 0.209. The van der Waals surface area contributed by atoms with Crippen molar-refractivity contribution in [3.63, 3.8) is 0 Å². The Labute approximate surface area is 151 Å². The van der Waals surface area contributed by atoms with Crippen molar-refractivity contribution in [3.05, 3.63) is 0 Å². The molecule has 0 rings (SSSR count). The molecule has 0 aliphatic heterocycles. The van der Waals surface area contributed by atoms with Gasteiger partial charge in [-0.2, -0.15) is 0 Å². The van der Waals surface area contributed by atoms with Gasteiger partial charge in [0.15, 0.2) is 0 Å². The van der Waals surface area contributed by atoms with E-state index >= 15 is 0 Å². The van der Waals surface area contributed by atoms with Crippen molar-refractivity contribution < 1.29 is 14.9 Å². The molecule has 0 unspecified atom stereocenters. The van der Waals surface area contributed by atoms with Gasteiger partial charge in [-0.1, -0.05) is 103 Å². The first-order chi connectivity index (χ1) is 11.8. The lowest BCUT2D eigenvalue weighted by Gasteiger charge is -2.08. The zero-order valence-corrected chi connectivity index (χ0v) is 16.3. The second-order valence-electron chi connectivity index (χ2n) is 7.21. The van der Waals surface area contributed by atoms with Gasteiger partial charge in [-0.15, -0.1) is 0 Å². The van der Waals surface area contributed by atoms with Crippen LogP contribution in [0.25, 0.3) is 0 Å². The fraction of sp³-hybridized carbons (Fsp3) is 1.00. The van der Waals surface area contributed by atoms with Crippen molar-refractivity contribution in [1.82, 2.24) is 0 Å². The lowest BCUT2D eigenvalue weighted by molar-refractivity contribution is 0.00526. The molecule has 0 saturated carbocycles. The van der Waals surface area contributed by atoms with E-state index in [4.69, 9.17) is 14.9 Å². The Kier molecular flexibility index (Phi) is 20.8.